The topological polar surface area (TPSA) is 26.3 Å². The van der Waals surface area contributed by atoms with Crippen molar-refractivity contribution >= 4 is 6.29 Å². The first kappa shape index (κ1) is 11.8. The van der Waals surface area contributed by atoms with Crippen molar-refractivity contribution in [3.63, 3.8) is 0 Å². The maximum Gasteiger partial charge on any atom is 0.122 e. The summed E-state index contributed by atoms with van der Waals surface area (Å²) in [6.07, 6.45) is 2.43. The third kappa shape index (κ3) is 3.74. The van der Waals surface area contributed by atoms with Crippen molar-refractivity contribution in [3.8, 4) is 5.75 Å². The maximum absolute atomic E-state index is 10.4. The van der Waals surface area contributed by atoms with Gasteiger partial charge in [0.1, 0.15) is 12.0 Å². The molecular formula is C13H18O2. The van der Waals surface area contributed by atoms with Crippen molar-refractivity contribution in [2.45, 2.75) is 39.7 Å². The molecule has 0 aromatic heterocycles. The standard InChI is InChI=1S/C13H18O2/c1-10(2)15-13-7-6-11(3)9-12(13)5-4-8-14/h6-10H,4-5H2,1-3H3. The molecule has 0 amide bonds. The smallest absolute Gasteiger partial charge is 0.122 e. The number of hydrogen-bond acceptors (Lipinski definition) is 2. The minimum absolute atomic E-state index is 0.169. The van der Waals surface area contributed by atoms with Gasteiger partial charge in [-0.15, -0.1) is 0 Å². The average Bonchev–Trinajstić information content (AvgIpc) is 2.18. The fourth-order valence-corrected chi connectivity index (χ4v) is 1.49. The molecule has 0 aliphatic rings. The molecule has 0 fully saturated rings. The Morgan fingerprint density at radius 3 is 2.73 bits per heavy atom. The Bertz CT molecular complexity index is 329. The summed E-state index contributed by atoms with van der Waals surface area (Å²) in [6.45, 7) is 6.05. The van der Waals surface area contributed by atoms with Gasteiger partial charge in [0.05, 0.1) is 6.10 Å². The Labute approximate surface area is 91.3 Å². The van der Waals surface area contributed by atoms with Crippen LogP contribution in [0.4, 0.5) is 0 Å². The molecule has 0 aliphatic heterocycles. The number of hydrogen-bond donors (Lipinski definition) is 0. The van der Waals surface area contributed by atoms with E-state index in [0.717, 1.165) is 24.0 Å². The summed E-state index contributed by atoms with van der Waals surface area (Å²) in [5.41, 5.74) is 2.32. The van der Waals surface area contributed by atoms with Gasteiger partial charge in [-0.05, 0) is 38.8 Å². The second-order valence-electron chi connectivity index (χ2n) is 3.98. The highest BCUT2D eigenvalue weighted by Crippen LogP contribution is 2.22. The van der Waals surface area contributed by atoms with Crippen molar-refractivity contribution in [1.29, 1.82) is 0 Å². The molecule has 2 nitrogen and oxygen atoms in total. The van der Waals surface area contributed by atoms with Crippen LogP contribution in [0.5, 0.6) is 5.75 Å². The van der Waals surface area contributed by atoms with E-state index in [0.29, 0.717) is 6.42 Å². The third-order valence-corrected chi connectivity index (χ3v) is 2.11. The highest BCUT2D eigenvalue weighted by Gasteiger charge is 2.05. The third-order valence-electron chi connectivity index (χ3n) is 2.11. The van der Waals surface area contributed by atoms with Crippen LogP contribution in [-0.4, -0.2) is 12.4 Å². The van der Waals surface area contributed by atoms with Gasteiger partial charge >= 0.3 is 0 Å². The maximum atomic E-state index is 10.4. The van der Waals surface area contributed by atoms with E-state index in [2.05, 4.69) is 6.07 Å². The van der Waals surface area contributed by atoms with Crippen LogP contribution in [0.25, 0.3) is 0 Å². The van der Waals surface area contributed by atoms with Gasteiger partial charge in [0.15, 0.2) is 0 Å². The van der Waals surface area contributed by atoms with Crippen LogP contribution in [0.3, 0.4) is 0 Å². The van der Waals surface area contributed by atoms with Gasteiger partial charge < -0.3 is 9.53 Å². The van der Waals surface area contributed by atoms with E-state index in [1.54, 1.807) is 0 Å². The Morgan fingerprint density at radius 1 is 1.40 bits per heavy atom. The number of aryl methyl sites for hydroxylation is 2. The Hall–Kier alpha value is -1.31. The molecule has 82 valence electrons. The first-order valence-corrected chi connectivity index (χ1v) is 5.33. The van der Waals surface area contributed by atoms with Crippen LogP contribution in [0.1, 0.15) is 31.4 Å². The number of benzene rings is 1. The molecule has 0 spiro atoms. The van der Waals surface area contributed by atoms with Crippen molar-refractivity contribution in [2.24, 2.45) is 0 Å². The molecule has 1 aromatic carbocycles. The molecule has 15 heavy (non-hydrogen) atoms. The number of rotatable bonds is 5. The largest absolute Gasteiger partial charge is 0.491 e. The summed E-state index contributed by atoms with van der Waals surface area (Å²) in [4.78, 5) is 10.4. The van der Waals surface area contributed by atoms with Crippen LogP contribution < -0.4 is 4.74 Å². The van der Waals surface area contributed by atoms with E-state index in [1.165, 1.54) is 5.56 Å². The second-order valence-corrected chi connectivity index (χ2v) is 3.98. The second kappa shape index (κ2) is 5.54. The van der Waals surface area contributed by atoms with E-state index in [-0.39, 0.29) is 6.10 Å². The van der Waals surface area contributed by atoms with Crippen molar-refractivity contribution < 1.29 is 9.53 Å². The van der Waals surface area contributed by atoms with E-state index in [4.69, 9.17) is 4.74 Å². The minimum Gasteiger partial charge on any atom is -0.491 e. The zero-order valence-electron chi connectivity index (χ0n) is 9.62. The molecule has 1 rings (SSSR count). The fourth-order valence-electron chi connectivity index (χ4n) is 1.49. The quantitative estimate of drug-likeness (QED) is 0.692. The van der Waals surface area contributed by atoms with Gasteiger partial charge in [0.2, 0.25) is 0 Å². The molecule has 0 saturated heterocycles. The van der Waals surface area contributed by atoms with Gasteiger partial charge in [0.25, 0.3) is 0 Å². The molecular weight excluding hydrogens is 188 g/mol. The van der Waals surface area contributed by atoms with Crippen LogP contribution >= 0.6 is 0 Å². The predicted octanol–water partition coefficient (Wildman–Crippen LogP) is 2.91. The molecule has 0 unspecified atom stereocenters. The molecule has 0 atom stereocenters. The van der Waals surface area contributed by atoms with E-state index in [9.17, 15) is 4.79 Å². The Morgan fingerprint density at radius 2 is 2.13 bits per heavy atom. The van der Waals surface area contributed by atoms with Gasteiger partial charge in [-0.25, -0.2) is 0 Å². The molecule has 1 aromatic rings. The molecule has 2 heteroatoms. The van der Waals surface area contributed by atoms with E-state index in [1.807, 2.05) is 32.9 Å². The van der Waals surface area contributed by atoms with Gasteiger partial charge in [0, 0.05) is 6.42 Å². The van der Waals surface area contributed by atoms with Crippen molar-refractivity contribution in [3.05, 3.63) is 29.3 Å². The van der Waals surface area contributed by atoms with E-state index < -0.39 is 0 Å². The zero-order chi connectivity index (χ0) is 11.3. The van der Waals surface area contributed by atoms with Crippen LogP contribution in [0.15, 0.2) is 18.2 Å². The van der Waals surface area contributed by atoms with Crippen molar-refractivity contribution in [1.82, 2.24) is 0 Å². The highest BCUT2D eigenvalue weighted by atomic mass is 16.5. The highest BCUT2D eigenvalue weighted by molar-refractivity contribution is 5.51. The Kier molecular flexibility index (Phi) is 4.35. The SMILES string of the molecule is Cc1ccc(OC(C)C)c(CCC=O)c1. The number of ether oxygens (including phenoxy) is 1. The summed E-state index contributed by atoms with van der Waals surface area (Å²) in [5, 5.41) is 0. The average molecular weight is 206 g/mol. The lowest BCUT2D eigenvalue weighted by molar-refractivity contribution is -0.107. The number of carbonyl (C=O) groups excluding carboxylic acids is 1. The number of aldehydes is 1. The minimum atomic E-state index is 0.169. The first-order valence-electron chi connectivity index (χ1n) is 5.33. The normalized spacial score (nSPS) is 10.4. The predicted molar refractivity (Wildman–Crippen MR) is 61.3 cm³/mol. The van der Waals surface area contributed by atoms with Gasteiger partial charge in [-0.1, -0.05) is 17.7 Å². The van der Waals surface area contributed by atoms with Gasteiger partial charge in [-0.3, -0.25) is 0 Å². The summed E-state index contributed by atoms with van der Waals surface area (Å²) in [6, 6.07) is 6.10. The molecule has 0 heterocycles. The first-order chi connectivity index (χ1) is 7.13. The Balaban J connectivity index is 2.86. The number of carbonyl (C=O) groups is 1. The summed E-state index contributed by atoms with van der Waals surface area (Å²) < 4.78 is 5.68. The monoisotopic (exact) mass is 206 g/mol. The van der Waals surface area contributed by atoms with Crippen molar-refractivity contribution in [2.75, 3.05) is 0 Å². The van der Waals surface area contributed by atoms with Crippen LogP contribution in [0.2, 0.25) is 0 Å². The fraction of sp³-hybridized carbons (Fsp3) is 0.462. The lowest BCUT2D eigenvalue weighted by Crippen LogP contribution is -2.07. The summed E-state index contributed by atoms with van der Waals surface area (Å²) >= 11 is 0. The molecule has 0 bridgehead atoms. The molecule has 0 radical (unpaired) electrons. The van der Waals surface area contributed by atoms with Crippen LogP contribution in [0, 0.1) is 6.92 Å². The lowest BCUT2D eigenvalue weighted by atomic mass is 10.1. The summed E-state index contributed by atoms with van der Waals surface area (Å²) in [7, 11) is 0. The van der Waals surface area contributed by atoms with Gasteiger partial charge in [-0.2, -0.15) is 0 Å². The lowest BCUT2D eigenvalue weighted by Gasteiger charge is -2.14. The van der Waals surface area contributed by atoms with E-state index >= 15 is 0 Å². The summed E-state index contributed by atoms with van der Waals surface area (Å²) in [5.74, 6) is 0.900. The van der Waals surface area contributed by atoms with Crippen LogP contribution in [-0.2, 0) is 11.2 Å². The molecule has 0 saturated carbocycles. The molecule has 0 N–H and O–H groups in total. The zero-order valence-corrected chi connectivity index (χ0v) is 9.62. The molecule has 0 aliphatic carbocycles.